The van der Waals surface area contributed by atoms with Crippen LogP contribution in [0.4, 0.5) is 0 Å². The molecule has 0 spiro atoms. The van der Waals surface area contributed by atoms with Gasteiger partial charge in [-0.1, -0.05) is 18.5 Å². The highest BCUT2D eigenvalue weighted by molar-refractivity contribution is 6.31. The van der Waals surface area contributed by atoms with Crippen molar-refractivity contribution in [3.63, 3.8) is 0 Å². The van der Waals surface area contributed by atoms with Crippen LogP contribution in [0.25, 0.3) is 0 Å². The van der Waals surface area contributed by atoms with Crippen molar-refractivity contribution in [2.45, 2.75) is 38.4 Å². The fraction of sp³-hybridized carbons (Fsp3) is 0.571. The Bertz CT molecular complexity index is 433. The van der Waals surface area contributed by atoms with Crippen LogP contribution in [0.15, 0.2) is 12.1 Å². The smallest absolute Gasteiger partial charge is 0.162 e. The van der Waals surface area contributed by atoms with E-state index < -0.39 is 0 Å². The number of halogens is 1. The van der Waals surface area contributed by atoms with Gasteiger partial charge >= 0.3 is 0 Å². The Labute approximate surface area is 113 Å². The molecule has 18 heavy (non-hydrogen) atoms. The number of ether oxygens (including phenoxy) is 3. The van der Waals surface area contributed by atoms with E-state index in [-0.39, 0.29) is 0 Å². The van der Waals surface area contributed by atoms with Gasteiger partial charge in [0.15, 0.2) is 11.5 Å². The Morgan fingerprint density at radius 1 is 1.28 bits per heavy atom. The Morgan fingerprint density at radius 3 is 2.33 bits per heavy atom. The maximum Gasteiger partial charge on any atom is 0.162 e. The molecule has 0 radical (unpaired) electrons. The summed E-state index contributed by atoms with van der Waals surface area (Å²) in [7, 11) is 3.24. The first-order valence-electron chi connectivity index (χ1n) is 6.13. The van der Waals surface area contributed by atoms with Crippen molar-refractivity contribution in [2.24, 2.45) is 0 Å². The molecule has 3 atom stereocenters. The molecule has 3 nitrogen and oxygen atoms in total. The molecule has 1 aliphatic rings. The normalized spacial score (nSPS) is 23.6. The Balaban J connectivity index is 2.20. The summed E-state index contributed by atoms with van der Waals surface area (Å²) in [4.78, 5) is 0. The van der Waals surface area contributed by atoms with Gasteiger partial charge in [0.1, 0.15) is 0 Å². The topological polar surface area (TPSA) is 31.0 Å². The zero-order valence-corrected chi connectivity index (χ0v) is 12.0. The quantitative estimate of drug-likeness (QED) is 0.766. The zero-order valence-electron chi connectivity index (χ0n) is 11.2. The third kappa shape index (κ3) is 2.73. The monoisotopic (exact) mass is 270 g/mol. The Hall–Kier alpha value is -0.930. The zero-order chi connectivity index (χ0) is 13.3. The molecule has 3 unspecified atom stereocenters. The summed E-state index contributed by atoms with van der Waals surface area (Å²) in [5, 5.41) is 0.716. The first kappa shape index (κ1) is 13.5. The second-order valence-corrected chi connectivity index (χ2v) is 5.15. The maximum atomic E-state index is 6.30. The van der Waals surface area contributed by atoms with Crippen molar-refractivity contribution in [3.8, 4) is 11.5 Å². The van der Waals surface area contributed by atoms with Crippen molar-refractivity contribution in [1.29, 1.82) is 0 Å². The average molecular weight is 271 g/mol. The van der Waals surface area contributed by atoms with Crippen molar-refractivity contribution in [2.75, 3.05) is 14.2 Å². The molecule has 0 saturated carbocycles. The van der Waals surface area contributed by atoms with Crippen LogP contribution in [-0.4, -0.2) is 26.4 Å². The van der Waals surface area contributed by atoms with E-state index >= 15 is 0 Å². The summed E-state index contributed by atoms with van der Waals surface area (Å²) in [6.45, 7) is 4.25. The SMILES string of the molecule is COc1cc(Cl)c(C(C)CC2OC2C)cc1OC. The molecule has 1 saturated heterocycles. The number of hydrogen-bond donors (Lipinski definition) is 0. The van der Waals surface area contributed by atoms with Gasteiger partial charge in [0.2, 0.25) is 0 Å². The van der Waals surface area contributed by atoms with E-state index in [0.29, 0.717) is 34.6 Å². The van der Waals surface area contributed by atoms with Crippen LogP contribution >= 0.6 is 11.6 Å². The molecular formula is C14H19ClO3. The van der Waals surface area contributed by atoms with Crippen molar-refractivity contribution >= 4 is 11.6 Å². The standard InChI is InChI=1S/C14H19ClO3/c1-8(5-12-9(2)18-12)10-6-13(16-3)14(17-4)7-11(10)15/h6-9,12H,5H2,1-4H3. The summed E-state index contributed by atoms with van der Waals surface area (Å²) < 4.78 is 16.0. The van der Waals surface area contributed by atoms with Gasteiger partial charge in [0.25, 0.3) is 0 Å². The predicted molar refractivity (Wildman–Crippen MR) is 71.9 cm³/mol. The van der Waals surface area contributed by atoms with E-state index in [1.165, 1.54) is 0 Å². The highest BCUT2D eigenvalue weighted by Crippen LogP contribution is 2.40. The molecule has 1 aliphatic heterocycles. The average Bonchev–Trinajstić information content (AvgIpc) is 3.04. The molecule has 0 aromatic heterocycles. The van der Waals surface area contributed by atoms with E-state index in [0.717, 1.165) is 12.0 Å². The van der Waals surface area contributed by atoms with Gasteiger partial charge in [-0.15, -0.1) is 0 Å². The number of rotatable bonds is 5. The summed E-state index contributed by atoms with van der Waals surface area (Å²) in [6.07, 6.45) is 1.73. The van der Waals surface area contributed by atoms with Gasteiger partial charge in [-0.05, 0) is 30.9 Å². The number of benzene rings is 1. The minimum absolute atomic E-state index is 0.340. The van der Waals surface area contributed by atoms with Gasteiger partial charge in [-0.3, -0.25) is 0 Å². The van der Waals surface area contributed by atoms with E-state index in [4.69, 9.17) is 25.8 Å². The minimum atomic E-state index is 0.340. The van der Waals surface area contributed by atoms with Gasteiger partial charge in [-0.2, -0.15) is 0 Å². The van der Waals surface area contributed by atoms with Crippen LogP contribution in [0.2, 0.25) is 5.02 Å². The van der Waals surface area contributed by atoms with Gasteiger partial charge < -0.3 is 14.2 Å². The van der Waals surface area contributed by atoms with Crippen LogP contribution in [0, 0.1) is 0 Å². The minimum Gasteiger partial charge on any atom is -0.493 e. The first-order valence-corrected chi connectivity index (χ1v) is 6.51. The van der Waals surface area contributed by atoms with Crippen LogP contribution < -0.4 is 9.47 Å². The molecule has 1 fully saturated rings. The van der Waals surface area contributed by atoms with Crippen molar-refractivity contribution in [1.82, 2.24) is 0 Å². The predicted octanol–water partition coefficient (Wildman–Crippen LogP) is 3.64. The molecule has 100 valence electrons. The summed E-state index contributed by atoms with van der Waals surface area (Å²) in [5.41, 5.74) is 1.08. The Morgan fingerprint density at radius 2 is 1.83 bits per heavy atom. The maximum absolute atomic E-state index is 6.30. The number of methoxy groups -OCH3 is 2. The lowest BCUT2D eigenvalue weighted by Gasteiger charge is -2.16. The van der Waals surface area contributed by atoms with E-state index in [9.17, 15) is 0 Å². The highest BCUT2D eigenvalue weighted by atomic mass is 35.5. The van der Waals surface area contributed by atoms with Gasteiger partial charge in [-0.25, -0.2) is 0 Å². The summed E-state index contributed by atoms with van der Waals surface area (Å²) in [5.74, 6) is 1.72. The number of hydrogen-bond acceptors (Lipinski definition) is 3. The highest BCUT2D eigenvalue weighted by Gasteiger charge is 2.35. The molecule has 0 aliphatic carbocycles. The van der Waals surface area contributed by atoms with Gasteiger partial charge in [0, 0.05) is 11.1 Å². The van der Waals surface area contributed by atoms with Crippen LogP contribution in [0.3, 0.4) is 0 Å². The van der Waals surface area contributed by atoms with Crippen molar-refractivity contribution < 1.29 is 14.2 Å². The van der Waals surface area contributed by atoms with Crippen LogP contribution in [0.5, 0.6) is 11.5 Å². The summed E-state index contributed by atoms with van der Waals surface area (Å²) >= 11 is 6.30. The molecule has 0 N–H and O–H groups in total. The molecule has 1 aromatic rings. The van der Waals surface area contributed by atoms with Crippen LogP contribution in [-0.2, 0) is 4.74 Å². The fourth-order valence-corrected chi connectivity index (χ4v) is 2.54. The first-order chi connectivity index (χ1) is 8.56. The van der Waals surface area contributed by atoms with Crippen molar-refractivity contribution in [3.05, 3.63) is 22.7 Å². The lowest BCUT2D eigenvalue weighted by atomic mass is 9.95. The van der Waals surface area contributed by atoms with Gasteiger partial charge in [0.05, 0.1) is 26.4 Å². The largest absolute Gasteiger partial charge is 0.493 e. The lowest BCUT2D eigenvalue weighted by Crippen LogP contribution is -2.02. The number of epoxide rings is 1. The molecule has 1 aromatic carbocycles. The van der Waals surface area contributed by atoms with E-state index in [1.807, 2.05) is 12.1 Å². The third-order valence-electron chi connectivity index (χ3n) is 3.46. The van der Waals surface area contributed by atoms with E-state index in [2.05, 4.69) is 13.8 Å². The van der Waals surface area contributed by atoms with Crippen LogP contribution in [0.1, 0.15) is 31.7 Å². The molecule has 1 heterocycles. The molecule has 2 rings (SSSR count). The molecule has 0 amide bonds. The second-order valence-electron chi connectivity index (χ2n) is 4.75. The summed E-state index contributed by atoms with van der Waals surface area (Å²) in [6, 6.07) is 3.77. The fourth-order valence-electron chi connectivity index (χ4n) is 2.20. The van der Waals surface area contributed by atoms with E-state index in [1.54, 1.807) is 14.2 Å². The second kappa shape index (κ2) is 5.37. The molecule has 4 heteroatoms. The lowest BCUT2D eigenvalue weighted by molar-refractivity contribution is 0.352. The molecule has 0 bridgehead atoms. The molecular weight excluding hydrogens is 252 g/mol. The Kier molecular flexibility index (Phi) is 4.03. The third-order valence-corrected chi connectivity index (χ3v) is 3.78.